The molecule has 1 amide bonds. The molecule has 0 saturated carbocycles. The summed E-state index contributed by atoms with van der Waals surface area (Å²) in [6, 6.07) is 11.0. The van der Waals surface area contributed by atoms with Crippen molar-refractivity contribution in [1.82, 2.24) is 9.62 Å². The zero-order valence-electron chi connectivity index (χ0n) is 16.9. The lowest BCUT2D eigenvalue weighted by atomic mass is 10.0. The van der Waals surface area contributed by atoms with Gasteiger partial charge in [-0.05, 0) is 67.1 Å². The van der Waals surface area contributed by atoms with E-state index in [4.69, 9.17) is 0 Å². The third-order valence-corrected chi connectivity index (χ3v) is 6.96. The number of nitrogens with zero attached hydrogens (tertiary/aromatic N) is 2. The molecule has 1 N–H and O–H groups in total. The Labute approximate surface area is 171 Å². The van der Waals surface area contributed by atoms with Crippen LogP contribution in [0.5, 0.6) is 0 Å². The molecule has 3 rings (SSSR count). The van der Waals surface area contributed by atoms with Crippen LogP contribution >= 0.6 is 0 Å². The normalized spacial score (nSPS) is 14.5. The summed E-state index contributed by atoms with van der Waals surface area (Å²) >= 11 is 0. The number of fused-ring (bicyclic) bond motifs is 1. The summed E-state index contributed by atoms with van der Waals surface area (Å²) in [5, 5.41) is 2.87. The highest BCUT2D eigenvalue weighted by atomic mass is 32.2. The fraction of sp³-hybridized carbons (Fsp3) is 0.381. The van der Waals surface area contributed by atoms with Crippen molar-refractivity contribution in [3.63, 3.8) is 0 Å². The molecule has 0 spiro atoms. The molecule has 1 atom stereocenters. The molecule has 0 fully saturated rings. The molecule has 6 nitrogen and oxygen atoms in total. The molecule has 29 heavy (non-hydrogen) atoms. The third-order valence-electron chi connectivity index (χ3n) is 5.14. The summed E-state index contributed by atoms with van der Waals surface area (Å²) < 4.78 is 40.7. The van der Waals surface area contributed by atoms with Crippen LogP contribution in [-0.2, 0) is 27.8 Å². The highest BCUT2D eigenvalue weighted by Crippen LogP contribution is 2.25. The van der Waals surface area contributed by atoms with Crippen molar-refractivity contribution in [2.24, 2.45) is 0 Å². The van der Waals surface area contributed by atoms with Crippen molar-refractivity contribution in [3.8, 4) is 0 Å². The first-order chi connectivity index (χ1) is 13.7. The van der Waals surface area contributed by atoms with Gasteiger partial charge in [0.25, 0.3) is 0 Å². The van der Waals surface area contributed by atoms with Gasteiger partial charge >= 0.3 is 10.2 Å². The van der Waals surface area contributed by atoms with Gasteiger partial charge in [0.05, 0.1) is 11.7 Å². The summed E-state index contributed by atoms with van der Waals surface area (Å²) in [5.74, 6) is -0.918. The molecule has 2 aromatic carbocycles. The molecule has 2 aromatic rings. The van der Waals surface area contributed by atoms with Crippen LogP contribution in [0.25, 0.3) is 0 Å². The molecule has 0 radical (unpaired) electrons. The Morgan fingerprint density at radius 1 is 1.10 bits per heavy atom. The SMILES string of the molecule is CC(NC(=O)CN(c1ccc(F)cc1)S(=O)(=O)N(C)C)c1ccc2c(c1)CCC2. The monoisotopic (exact) mass is 419 g/mol. The minimum atomic E-state index is -3.93. The summed E-state index contributed by atoms with van der Waals surface area (Å²) in [6.45, 7) is 1.47. The van der Waals surface area contributed by atoms with Gasteiger partial charge in [-0.3, -0.25) is 4.79 Å². The van der Waals surface area contributed by atoms with E-state index in [2.05, 4.69) is 17.4 Å². The highest BCUT2D eigenvalue weighted by Gasteiger charge is 2.28. The number of aryl methyl sites for hydroxylation is 2. The first-order valence-electron chi connectivity index (χ1n) is 9.55. The number of rotatable bonds is 7. The molecule has 0 aliphatic heterocycles. The lowest BCUT2D eigenvalue weighted by Gasteiger charge is -2.27. The van der Waals surface area contributed by atoms with Gasteiger partial charge in [0.2, 0.25) is 5.91 Å². The average Bonchev–Trinajstić information content (AvgIpc) is 3.14. The fourth-order valence-electron chi connectivity index (χ4n) is 3.47. The topological polar surface area (TPSA) is 69.7 Å². The minimum Gasteiger partial charge on any atom is -0.348 e. The number of carbonyl (C=O) groups excluding carboxylic acids is 1. The molecular formula is C21H26FN3O3S. The lowest BCUT2D eigenvalue weighted by Crippen LogP contribution is -2.46. The Morgan fingerprint density at radius 3 is 2.41 bits per heavy atom. The molecule has 0 heterocycles. The van der Waals surface area contributed by atoms with E-state index in [1.165, 1.54) is 49.5 Å². The van der Waals surface area contributed by atoms with Crippen molar-refractivity contribution < 1.29 is 17.6 Å². The summed E-state index contributed by atoms with van der Waals surface area (Å²) in [6.07, 6.45) is 3.28. The molecule has 1 unspecified atom stereocenters. The highest BCUT2D eigenvalue weighted by molar-refractivity contribution is 7.90. The maximum Gasteiger partial charge on any atom is 0.304 e. The predicted octanol–water partition coefficient (Wildman–Crippen LogP) is 2.80. The van der Waals surface area contributed by atoms with Crippen molar-refractivity contribution in [2.75, 3.05) is 24.9 Å². The smallest absolute Gasteiger partial charge is 0.304 e. The average molecular weight is 420 g/mol. The van der Waals surface area contributed by atoms with Crippen LogP contribution in [0.3, 0.4) is 0 Å². The second-order valence-corrected chi connectivity index (χ2v) is 9.51. The maximum atomic E-state index is 13.3. The quantitative estimate of drug-likeness (QED) is 0.750. The van der Waals surface area contributed by atoms with E-state index in [0.717, 1.165) is 33.4 Å². The van der Waals surface area contributed by atoms with E-state index >= 15 is 0 Å². The van der Waals surface area contributed by atoms with Crippen molar-refractivity contribution in [3.05, 3.63) is 65.0 Å². The van der Waals surface area contributed by atoms with Gasteiger partial charge in [-0.1, -0.05) is 18.2 Å². The Kier molecular flexibility index (Phi) is 6.24. The first-order valence-corrected chi connectivity index (χ1v) is 10.9. The molecule has 1 aliphatic carbocycles. The summed E-state index contributed by atoms with van der Waals surface area (Å²) in [7, 11) is -1.15. The van der Waals surface area contributed by atoms with E-state index < -0.39 is 28.5 Å². The van der Waals surface area contributed by atoms with Gasteiger partial charge < -0.3 is 5.32 Å². The molecule has 8 heteroatoms. The van der Waals surface area contributed by atoms with E-state index in [1.54, 1.807) is 0 Å². The molecule has 1 aliphatic rings. The standard InChI is InChI=1S/C21H26FN3O3S/c1-15(17-8-7-16-5-4-6-18(16)13-17)23-21(26)14-25(29(27,28)24(2)3)20-11-9-19(22)10-12-20/h7-13,15H,4-6,14H2,1-3H3,(H,23,26). The lowest BCUT2D eigenvalue weighted by molar-refractivity contribution is -0.120. The Balaban J connectivity index is 1.76. The number of benzene rings is 2. The van der Waals surface area contributed by atoms with Gasteiger partial charge in [-0.15, -0.1) is 0 Å². The molecule has 0 aromatic heterocycles. The second kappa shape index (κ2) is 8.51. The molecule has 0 bridgehead atoms. The van der Waals surface area contributed by atoms with Crippen molar-refractivity contribution in [1.29, 1.82) is 0 Å². The van der Waals surface area contributed by atoms with E-state index in [-0.39, 0.29) is 11.7 Å². The van der Waals surface area contributed by atoms with Crippen LogP contribution in [0.1, 0.15) is 36.1 Å². The Hall–Kier alpha value is -2.45. The van der Waals surface area contributed by atoms with Crippen molar-refractivity contribution >= 4 is 21.8 Å². The van der Waals surface area contributed by atoms with Gasteiger partial charge in [0.15, 0.2) is 0 Å². The number of nitrogens with one attached hydrogen (secondary N) is 1. The Bertz CT molecular complexity index is 991. The predicted molar refractivity (Wildman–Crippen MR) is 111 cm³/mol. The van der Waals surface area contributed by atoms with Crippen molar-refractivity contribution in [2.45, 2.75) is 32.2 Å². The van der Waals surface area contributed by atoms with Crippen LogP contribution in [0, 0.1) is 5.82 Å². The van der Waals surface area contributed by atoms with E-state index in [0.29, 0.717) is 0 Å². The number of hydrogen-bond acceptors (Lipinski definition) is 3. The van der Waals surface area contributed by atoms with Crippen LogP contribution in [0.2, 0.25) is 0 Å². The van der Waals surface area contributed by atoms with Gasteiger partial charge in [-0.2, -0.15) is 12.7 Å². The maximum absolute atomic E-state index is 13.3. The van der Waals surface area contributed by atoms with Gasteiger partial charge in [0.1, 0.15) is 12.4 Å². The van der Waals surface area contributed by atoms with Crippen LogP contribution in [-0.4, -0.2) is 39.3 Å². The fourth-order valence-corrected chi connectivity index (χ4v) is 4.54. The number of anilines is 1. The zero-order valence-corrected chi connectivity index (χ0v) is 17.7. The molecule has 156 valence electrons. The molecule has 0 saturated heterocycles. The number of hydrogen-bond donors (Lipinski definition) is 1. The van der Waals surface area contributed by atoms with Gasteiger partial charge in [-0.25, -0.2) is 8.70 Å². The Morgan fingerprint density at radius 2 is 1.76 bits per heavy atom. The van der Waals surface area contributed by atoms with E-state index in [9.17, 15) is 17.6 Å². The first kappa shape index (κ1) is 21.3. The van der Waals surface area contributed by atoms with Crippen LogP contribution in [0.4, 0.5) is 10.1 Å². The number of amides is 1. The van der Waals surface area contributed by atoms with Crippen LogP contribution < -0.4 is 9.62 Å². The summed E-state index contributed by atoms with van der Waals surface area (Å²) in [4.78, 5) is 12.7. The third kappa shape index (κ3) is 4.76. The number of halogens is 1. The van der Waals surface area contributed by atoms with Gasteiger partial charge in [0, 0.05) is 14.1 Å². The summed E-state index contributed by atoms with van der Waals surface area (Å²) in [5.41, 5.74) is 3.88. The zero-order chi connectivity index (χ0) is 21.2. The second-order valence-electron chi connectivity index (χ2n) is 7.44. The minimum absolute atomic E-state index is 0.223. The molecular weight excluding hydrogens is 393 g/mol. The van der Waals surface area contributed by atoms with Crippen LogP contribution in [0.15, 0.2) is 42.5 Å². The largest absolute Gasteiger partial charge is 0.348 e. The van der Waals surface area contributed by atoms with E-state index in [1.807, 2.05) is 13.0 Å². The number of carbonyl (C=O) groups is 1.